The van der Waals surface area contributed by atoms with E-state index in [0.717, 1.165) is 17.4 Å². The summed E-state index contributed by atoms with van der Waals surface area (Å²) in [6, 6.07) is 5.29. The SMILES string of the molecule is Cn1c(=O)c2[nH]c(C3CCN(C(=O)c4ccccn4)CC3)nc2n(C)c1=O. The van der Waals surface area contributed by atoms with Crippen molar-refractivity contribution in [1.82, 2.24) is 29.0 Å². The van der Waals surface area contributed by atoms with E-state index in [9.17, 15) is 14.4 Å². The van der Waals surface area contributed by atoms with Crippen molar-refractivity contribution >= 4 is 17.1 Å². The molecule has 1 aliphatic rings. The van der Waals surface area contributed by atoms with Crippen LogP contribution in [0.5, 0.6) is 0 Å². The number of likely N-dealkylation sites (tertiary alicyclic amines) is 1. The van der Waals surface area contributed by atoms with Gasteiger partial charge in [-0.15, -0.1) is 0 Å². The number of piperidine rings is 1. The van der Waals surface area contributed by atoms with Crippen LogP contribution in [-0.4, -0.2) is 48.0 Å². The first kappa shape index (κ1) is 17.2. The second-order valence-corrected chi connectivity index (χ2v) is 6.81. The lowest BCUT2D eigenvalue weighted by atomic mass is 9.96. The van der Waals surface area contributed by atoms with Crippen molar-refractivity contribution in [2.24, 2.45) is 14.1 Å². The molecule has 140 valence electrons. The molecule has 0 aliphatic carbocycles. The van der Waals surface area contributed by atoms with Crippen LogP contribution in [0.2, 0.25) is 0 Å². The van der Waals surface area contributed by atoms with Crippen molar-refractivity contribution in [1.29, 1.82) is 0 Å². The van der Waals surface area contributed by atoms with Crippen LogP contribution in [0.15, 0.2) is 34.0 Å². The second kappa shape index (κ2) is 6.49. The third kappa shape index (κ3) is 2.84. The number of H-pyrrole nitrogens is 1. The Bertz CT molecular complexity index is 1120. The molecular formula is C18H20N6O3. The number of aryl methyl sites for hydroxylation is 1. The van der Waals surface area contributed by atoms with Gasteiger partial charge in [-0.25, -0.2) is 9.78 Å². The van der Waals surface area contributed by atoms with Gasteiger partial charge in [0.2, 0.25) is 0 Å². The summed E-state index contributed by atoms with van der Waals surface area (Å²) in [5, 5.41) is 0. The summed E-state index contributed by atoms with van der Waals surface area (Å²) in [6.45, 7) is 1.18. The Morgan fingerprint density at radius 2 is 1.89 bits per heavy atom. The highest BCUT2D eigenvalue weighted by Gasteiger charge is 2.27. The maximum atomic E-state index is 12.5. The van der Waals surface area contributed by atoms with Crippen molar-refractivity contribution in [3.63, 3.8) is 0 Å². The number of carbonyl (C=O) groups excluding carboxylic acids is 1. The van der Waals surface area contributed by atoms with E-state index in [4.69, 9.17) is 0 Å². The van der Waals surface area contributed by atoms with Crippen LogP contribution < -0.4 is 11.2 Å². The van der Waals surface area contributed by atoms with E-state index in [1.807, 2.05) is 0 Å². The van der Waals surface area contributed by atoms with E-state index in [1.54, 1.807) is 36.3 Å². The zero-order chi connectivity index (χ0) is 19.1. The van der Waals surface area contributed by atoms with Gasteiger partial charge in [-0.05, 0) is 25.0 Å². The number of nitrogens with one attached hydrogen (secondary N) is 1. The van der Waals surface area contributed by atoms with Crippen molar-refractivity contribution in [2.75, 3.05) is 13.1 Å². The van der Waals surface area contributed by atoms with Gasteiger partial charge >= 0.3 is 5.69 Å². The molecule has 4 rings (SSSR count). The summed E-state index contributed by atoms with van der Waals surface area (Å²) in [5.74, 6) is 0.716. The standard InChI is InChI=1S/C18H20N6O3/c1-22-15-13(17(26)23(2)18(22)27)20-14(21-15)11-6-9-24(10-7-11)16(25)12-5-3-4-8-19-12/h3-5,8,11H,6-7,9-10H2,1-2H3,(H,20,21). The van der Waals surface area contributed by atoms with Gasteiger partial charge in [0.15, 0.2) is 5.65 Å². The highest BCUT2D eigenvalue weighted by Crippen LogP contribution is 2.27. The number of aromatic amines is 1. The van der Waals surface area contributed by atoms with Crippen LogP contribution in [0.1, 0.15) is 35.1 Å². The van der Waals surface area contributed by atoms with E-state index in [-0.39, 0.29) is 17.4 Å². The maximum absolute atomic E-state index is 12.5. The molecule has 4 heterocycles. The Hall–Kier alpha value is -3.23. The minimum absolute atomic E-state index is 0.0741. The average Bonchev–Trinajstić information content (AvgIpc) is 3.16. The normalized spacial score (nSPS) is 15.4. The first-order valence-electron chi connectivity index (χ1n) is 8.83. The number of aromatic nitrogens is 5. The van der Waals surface area contributed by atoms with Crippen molar-refractivity contribution in [2.45, 2.75) is 18.8 Å². The number of nitrogens with zero attached hydrogens (tertiary/aromatic N) is 5. The van der Waals surface area contributed by atoms with E-state index >= 15 is 0 Å². The largest absolute Gasteiger partial charge is 0.337 e. The Kier molecular flexibility index (Phi) is 4.14. The Balaban J connectivity index is 1.56. The van der Waals surface area contributed by atoms with Crippen LogP contribution >= 0.6 is 0 Å². The summed E-state index contributed by atoms with van der Waals surface area (Å²) in [7, 11) is 3.05. The zero-order valence-corrected chi connectivity index (χ0v) is 15.2. The molecule has 0 saturated carbocycles. The molecule has 1 fully saturated rings. The topological polar surface area (TPSA) is 106 Å². The number of imidazole rings is 1. The summed E-state index contributed by atoms with van der Waals surface area (Å²) in [6.07, 6.45) is 3.07. The minimum Gasteiger partial charge on any atom is -0.337 e. The van der Waals surface area contributed by atoms with Gasteiger partial charge < -0.3 is 9.88 Å². The lowest BCUT2D eigenvalue weighted by Gasteiger charge is -2.30. The first-order valence-corrected chi connectivity index (χ1v) is 8.83. The number of fused-ring (bicyclic) bond motifs is 1. The molecule has 0 spiro atoms. The number of pyridine rings is 1. The van der Waals surface area contributed by atoms with Gasteiger partial charge in [0.05, 0.1) is 0 Å². The van der Waals surface area contributed by atoms with E-state index in [2.05, 4.69) is 15.0 Å². The fourth-order valence-corrected chi connectivity index (χ4v) is 3.54. The molecule has 9 nitrogen and oxygen atoms in total. The zero-order valence-electron chi connectivity index (χ0n) is 15.2. The number of carbonyl (C=O) groups is 1. The summed E-state index contributed by atoms with van der Waals surface area (Å²) in [4.78, 5) is 50.4. The fourth-order valence-electron chi connectivity index (χ4n) is 3.54. The van der Waals surface area contributed by atoms with Crippen LogP contribution in [0, 0.1) is 0 Å². The lowest BCUT2D eigenvalue weighted by Crippen LogP contribution is -2.38. The minimum atomic E-state index is -0.402. The molecule has 27 heavy (non-hydrogen) atoms. The Morgan fingerprint density at radius 3 is 2.56 bits per heavy atom. The number of amides is 1. The molecule has 1 N–H and O–H groups in total. The highest BCUT2D eigenvalue weighted by atomic mass is 16.2. The van der Waals surface area contributed by atoms with Crippen LogP contribution in [0.4, 0.5) is 0 Å². The van der Waals surface area contributed by atoms with Gasteiger partial charge in [-0.2, -0.15) is 0 Å². The van der Waals surface area contributed by atoms with Crippen molar-refractivity contribution < 1.29 is 4.79 Å². The van der Waals surface area contributed by atoms with Gasteiger partial charge in [0, 0.05) is 39.3 Å². The van der Waals surface area contributed by atoms with E-state index < -0.39 is 5.69 Å². The molecule has 3 aromatic heterocycles. The summed E-state index contributed by atoms with van der Waals surface area (Å²) >= 11 is 0. The molecule has 1 aliphatic heterocycles. The second-order valence-electron chi connectivity index (χ2n) is 6.81. The lowest BCUT2D eigenvalue weighted by molar-refractivity contribution is 0.0705. The van der Waals surface area contributed by atoms with Crippen molar-refractivity contribution in [3.8, 4) is 0 Å². The molecule has 9 heteroatoms. The molecule has 3 aromatic rings. The van der Waals surface area contributed by atoms with E-state index in [1.165, 1.54) is 11.6 Å². The Morgan fingerprint density at radius 1 is 1.15 bits per heavy atom. The average molecular weight is 368 g/mol. The predicted octanol–water partition coefficient (Wildman–Crippen LogP) is 0.375. The number of rotatable bonds is 2. The maximum Gasteiger partial charge on any atom is 0.332 e. The molecule has 1 saturated heterocycles. The number of hydrogen-bond acceptors (Lipinski definition) is 5. The van der Waals surface area contributed by atoms with Gasteiger partial charge in [0.1, 0.15) is 17.0 Å². The Labute approximate surface area is 154 Å². The third-order valence-electron chi connectivity index (χ3n) is 5.17. The molecule has 0 bridgehead atoms. The van der Waals surface area contributed by atoms with Gasteiger partial charge in [0.25, 0.3) is 11.5 Å². The summed E-state index contributed by atoms with van der Waals surface area (Å²) < 4.78 is 2.44. The third-order valence-corrected chi connectivity index (χ3v) is 5.17. The summed E-state index contributed by atoms with van der Waals surface area (Å²) in [5.41, 5.74) is 0.362. The molecule has 0 atom stereocenters. The molecular weight excluding hydrogens is 348 g/mol. The van der Waals surface area contributed by atoms with E-state index in [0.29, 0.717) is 35.8 Å². The van der Waals surface area contributed by atoms with Crippen LogP contribution in [0.25, 0.3) is 11.2 Å². The fraction of sp³-hybridized carbons (Fsp3) is 0.389. The monoisotopic (exact) mass is 368 g/mol. The van der Waals surface area contributed by atoms with Crippen molar-refractivity contribution in [3.05, 3.63) is 56.8 Å². The molecule has 0 unspecified atom stereocenters. The van der Waals surface area contributed by atoms with Crippen LogP contribution in [-0.2, 0) is 14.1 Å². The molecule has 1 amide bonds. The van der Waals surface area contributed by atoms with Gasteiger partial charge in [-0.1, -0.05) is 6.07 Å². The van der Waals surface area contributed by atoms with Gasteiger partial charge in [-0.3, -0.25) is 23.7 Å². The molecule has 0 aromatic carbocycles. The number of hydrogen-bond donors (Lipinski definition) is 1. The predicted molar refractivity (Wildman–Crippen MR) is 98.7 cm³/mol. The first-order chi connectivity index (χ1) is 13.0. The quantitative estimate of drug-likeness (QED) is 0.704. The molecule has 0 radical (unpaired) electrons. The smallest absolute Gasteiger partial charge is 0.332 e. The van der Waals surface area contributed by atoms with Crippen LogP contribution in [0.3, 0.4) is 0 Å². The highest BCUT2D eigenvalue weighted by molar-refractivity contribution is 5.92.